The van der Waals surface area contributed by atoms with Crippen molar-refractivity contribution < 1.29 is 78.6 Å². The summed E-state index contributed by atoms with van der Waals surface area (Å²) in [5.41, 5.74) is -0.767. The normalized spacial score (nSPS) is 11.5. The van der Waals surface area contributed by atoms with Crippen LogP contribution < -0.4 is 20.4 Å². The van der Waals surface area contributed by atoms with E-state index in [-0.39, 0.29) is 62.9 Å². The van der Waals surface area contributed by atoms with Crippen molar-refractivity contribution in [2.24, 2.45) is 11.8 Å². The van der Waals surface area contributed by atoms with Gasteiger partial charge in [0.15, 0.2) is 0 Å². The number of carboxylic acid groups (broad SMARTS) is 4. The second kappa shape index (κ2) is 34.5. The standard InChI is InChI=1S/2C17H30O4.2Zn/c2*1-3-4-5-6-7-8-9-10-11-12-13-15(17(20)21)14(2)16(18)19;;/h2*15H,2-13H2,1H3,(H,18,19)(H,20,21);;/q;;2*+2/p-4. The molecule has 0 amide bonds. The molecule has 0 bridgehead atoms. The molecule has 0 radical (unpaired) electrons. The van der Waals surface area contributed by atoms with Crippen molar-refractivity contribution in [2.45, 2.75) is 155 Å². The van der Waals surface area contributed by atoms with Crippen molar-refractivity contribution in [3.05, 3.63) is 24.3 Å². The van der Waals surface area contributed by atoms with Crippen molar-refractivity contribution >= 4 is 23.9 Å². The maximum atomic E-state index is 10.9. The Morgan fingerprint density at radius 1 is 0.432 bits per heavy atom. The number of carbonyl (C=O) groups is 4. The smallest absolute Gasteiger partial charge is 0.549 e. The molecular weight excluding hydrogens is 667 g/mol. The molecule has 44 heavy (non-hydrogen) atoms. The summed E-state index contributed by atoms with van der Waals surface area (Å²) in [5.74, 6) is -8.00. The maximum absolute atomic E-state index is 10.9. The fourth-order valence-electron chi connectivity index (χ4n) is 4.82. The van der Waals surface area contributed by atoms with Crippen LogP contribution in [0.5, 0.6) is 0 Å². The van der Waals surface area contributed by atoms with E-state index < -0.39 is 35.7 Å². The third kappa shape index (κ3) is 29.3. The molecule has 0 aromatic carbocycles. The van der Waals surface area contributed by atoms with Gasteiger partial charge in [-0.3, -0.25) is 0 Å². The van der Waals surface area contributed by atoms with Crippen molar-refractivity contribution in [1.82, 2.24) is 0 Å². The second-order valence-electron chi connectivity index (χ2n) is 11.3. The van der Waals surface area contributed by atoms with E-state index in [4.69, 9.17) is 0 Å². The summed E-state index contributed by atoms with van der Waals surface area (Å²) in [7, 11) is 0. The Hall–Kier alpha value is -1.39. The predicted octanol–water partition coefficient (Wildman–Crippen LogP) is 3.93. The molecule has 244 valence electrons. The van der Waals surface area contributed by atoms with Crippen LogP contribution in [-0.2, 0) is 58.1 Å². The summed E-state index contributed by atoms with van der Waals surface area (Å²) in [6, 6.07) is 0. The second-order valence-corrected chi connectivity index (χ2v) is 11.3. The van der Waals surface area contributed by atoms with Crippen molar-refractivity contribution in [2.75, 3.05) is 0 Å². The van der Waals surface area contributed by atoms with Crippen LogP contribution in [0.2, 0.25) is 0 Å². The zero-order chi connectivity index (χ0) is 32.2. The van der Waals surface area contributed by atoms with E-state index in [0.717, 1.165) is 38.5 Å². The van der Waals surface area contributed by atoms with Crippen molar-refractivity contribution in [3.63, 3.8) is 0 Å². The molecule has 0 saturated carbocycles. The van der Waals surface area contributed by atoms with Gasteiger partial charge in [0.05, 0.1) is 11.9 Å². The SMILES string of the molecule is C=C(C(=O)[O-])C(CCCCCCCCCCCC)C(=O)[O-].C=C(C(=O)[O-])C(CCCCCCCCCCCC)C(=O)[O-].[Zn+2].[Zn+2]. The van der Waals surface area contributed by atoms with E-state index in [9.17, 15) is 39.6 Å². The van der Waals surface area contributed by atoms with Crippen LogP contribution in [0.15, 0.2) is 24.3 Å². The number of carbonyl (C=O) groups excluding carboxylic acids is 4. The molecule has 2 unspecified atom stereocenters. The number of aliphatic carboxylic acids is 4. The van der Waals surface area contributed by atoms with Crippen LogP contribution in [0.3, 0.4) is 0 Å². The Morgan fingerprint density at radius 3 is 0.818 bits per heavy atom. The minimum absolute atomic E-state index is 0. The summed E-state index contributed by atoms with van der Waals surface area (Å²) in [6.45, 7) is 10.9. The average molecular weight is 724 g/mol. The Labute approximate surface area is 292 Å². The van der Waals surface area contributed by atoms with E-state index in [2.05, 4.69) is 27.0 Å². The van der Waals surface area contributed by atoms with Gasteiger partial charge in [0.25, 0.3) is 0 Å². The molecule has 0 aliphatic rings. The number of unbranched alkanes of at least 4 members (excludes halogenated alkanes) is 18. The molecule has 0 saturated heterocycles. The van der Waals surface area contributed by atoms with Gasteiger partial charge in [0.2, 0.25) is 0 Å². The number of hydrogen-bond acceptors (Lipinski definition) is 8. The van der Waals surface area contributed by atoms with Gasteiger partial charge in [0.1, 0.15) is 0 Å². The molecule has 10 heteroatoms. The van der Waals surface area contributed by atoms with Crippen LogP contribution in [0.1, 0.15) is 155 Å². The van der Waals surface area contributed by atoms with Crippen LogP contribution in [-0.4, -0.2) is 23.9 Å². The summed E-state index contributed by atoms with van der Waals surface area (Å²) >= 11 is 0. The van der Waals surface area contributed by atoms with Gasteiger partial charge in [-0.05, 0) is 24.0 Å². The summed E-state index contributed by atoms with van der Waals surface area (Å²) in [5, 5.41) is 43.0. The topological polar surface area (TPSA) is 161 Å². The van der Waals surface area contributed by atoms with Crippen LogP contribution in [0, 0.1) is 11.8 Å². The Balaban J connectivity index is -0.000000348. The molecule has 0 rings (SSSR count). The Kier molecular flexibility index (Phi) is 38.8. The molecule has 0 aromatic rings. The van der Waals surface area contributed by atoms with E-state index in [1.165, 1.54) is 77.0 Å². The van der Waals surface area contributed by atoms with Crippen molar-refractivity contribution in [3.8, 4) is 0 Å². The first-order chi connectivity index (χ1) is 20.0. The third-order valence-corrected chi connectivity index (χ3v) is 7.63. The number of rotatable bonds is 28. The van der Waals surface area contributed by atoms with Gasteiger partial charge in [-0.1, -0.05) is 155 Å². The first-order valence-corrected chi connectivity index (χ1v) is 16.2. The van der Waals surface area contributed by atoms with Gasteiger partial charge in [-0.15, -0.1) is 0 Å². The van der Waals surface area contributed by atoms with Crippen LogP contribution >= 0.6 is 0 Å². The average Bonchev–Trinajstić information content (AvgIpc) is 2.94. The summed E-state index contributed by atoms with van der Waals surface area (Å²) in [6.07, 6.45) is 23.5. The molecule has 0 aliphatic heterocycles. The van der Waals surface area contributed by atoms with Gasteiger partial charge in [0, 0.05) is 23.8 Å². The minimum atomic E-state index is -1.50. The van der Waals surface area contributed by atoms with E-state index in [0.29, 0.717) is 12.8 Å². The molecule has 0 fully saturated rings. The fraction of sp³-hybridized carbons (Fsp3) is 0.765. The van der Waals surface area contributed by atoms with Crippen LogP contribution in [0.4, 0.5) is 0 Å². The molecule has 0 aliphatic carbocycles. The van der Waals surface area contributed by atoms with Gasteiger partial charge in [-0.25, -0.2) is 0 Å². The largest absolute Gasteiger partial charge is 2.00 e. The molecule has 8 nitrogen and oxygen atoms in total. The monoisotopic (exact) mass is 720 g/mol. The first kappa shape index (κ1) is 49.5. The Bertz CT molecular complexity index is 721. The fourth-order valence-corrected chi connectivity index (χ4v) is 4.82. The molecule has 0 spiro atoms. The van der Waals surface area contributed by atoms with Gasteiger partial charge < -0.3 is 39.6 Å². The number of carboxylic acids is 4. The molecule has 0 N–H and O–H groups in total. The maximum Gasteiger partial charge on any atom is 2.00 e. The molecule has 0 heterocycles. The summed E-state index contributed by atoms with van der Waals surface area (Å²) < 4.78 is 0. The Morgan fingerprint density at radius 2 is 0.636 bits per heavy atom. The van der Waals surface area contributed by atoms with E-state index in [1.54, 1.807) is 0 Å². The van der Waals surface area contributed by atoms with Crippen LogP contribution in [0.25, 0.3) is 0 Å². The predicted molar refractivity (Wildman–Crippen MR) is 158 cm³/mol. The van der Waals surface area contributed by atoms with Gasteiger partial charge >= 0.3 is 39.0 Å². The quantitative estimate of drug-likeness (QED) is 0.0667. The molecule has 2 atom stereocenters. The minimum Gasteiger partial charge on any atom is -0.549 e. The zero-order valence-electron chi connectivity index (χ0n) is 27.8. The third-order valence-electron chi connectivity index (χ3n) is 7.63. The van der Waals surface area contributed by atoms with E-state index >= 15 is 0 Å². The molecule has 0 aromatic heterocycles. The van der Waals surface area contributed by atoms with E-state index in [1.807, 2.05) is 0 Å². The first-order valence-electron chi connectivity index (χ1n) is 16.2. The number of hydrogen-bond donors (Lipinski definition) is 0. The van der Waals surface area contributed by atoms with Gasteiger partial charge in [-0.2, -0.15) is 0 Å². The zero-order valence-corrected chi connectivity index (χ0v) is 33.7. The molecular formula is C34H56O8Zn2. The van der Waals surface area contributed by atoms with Crippen molar-refractivity contribution in [1.29, 1.82) is 0 Å². The summed E-state index contributed by atoms with van der Waals surface area (Å²) in [4.78, 5) is 43.0.